The Balaban J connectivity index is 0. The standard InChI is InChI=1S/C6H7N.N2.HNO3/c7-6-4-2-1-3-5-6;1-2;2-1(3)4/h1-5H,7H2;;(H,2,3,4). The second kappa shape index (κ2) is 9.64. The van der Waals surface area contributed by atoms with Crippen molar-refractivity contribution in [3.8, 4) is 0 Å². The van der Waals surface area contributed by atoms with Crippen LogP contribution >= 0.6 is 0 Å². The summed E-state index contributed by atoms with van der Waals surface area (Å²) in [7, 11) is 0. The van der Waals surface area contributed by atoms with Gasteiger partial charge < -0.3 is 10.9 Å². The fraction of sp³-hybridized carbons (Fsp3) is 0. The van der Waals surface area contributed by atoms with Crippen molar-refractivity contribution in [1.29, 1.82) is 10.8 Å². The van der Waals surface area contributed by atoms with E-state index in [1.54, 1.807) is 0 Å². The Kier molecular flexibility index (Phi) is 9.82. The molecule has 1 aromatic carbocycles. The van der Waals surface area contributed by atoms with Crippen molar-refractivity contribution in [2.24, 2.45) is 0 Å². The SMILES string of the molecule is N#N.Nc1ccccc1.O=[N+]([O-])O. The highest BCUT2D eigenvalue weighted by Crippen LogP contribution is 1.95. The third kappa shape index (κ3) is 17.7. The number of nitrogens with two attached hydrogens (primary N) is 1. The summed E-state index contributed by atoms with van der Waals surface area (Å²) in [5.41, 5.74) is 6.18. The van der Waals surface area contributed by atoms with Crippen molar-refractivity contribution in [2.75, 3.05) is 5.73 Å². The fourth-order valence-electron chi connectivity index (χ4n) is 0.453. The Morgan fingerprint density at radius 1 is 1.31 bits per heavy atom. The van der Waals surface area contributed by atoms with Gasteiger partial charge in [-0.2, -0.15) is 0 Å². The van der Waals surface area contributed by atoms with Gasteiger partial charge in [0.15, 0.2) is 0 Å². The van der Waals surface area contributed by atoms with E-state index in [-0.39, 0.29) is 0 Å². The number of anilines is 1. The topological polar surface area (TPSA) is 137 Å². The molecule has 1 aromatic rings. The minimum Gasteiger partial charge on any atom is -0.399 e. The van der Waals surface area contributed by atoms with E-state index in [2.05, 4.69) is 0 Å². The average molecular weight is 184 g/mol. The summed E-state index contributed by atoms with van der Waals surface area (Å²) in [5, 5.41) is 25.6. The molecule has 0 spiro atoms. The number of nitrogen functional groups attached to an aromatic ring is 1. The van der Waals surface area contributed by atoms with Crippen LogP contribution in [0.3, 0.4) is 0 Å². The second-order valence-corrected chi connectivity index (χ2v) is 1.65. The van der Waals surface area contributed by atoms with Crippen molar-refractivity contribution in [3.63, 3.8) is 0 Å². The van der Waals surface area contributed by atoms with Crippen LogP contribution in [-0.2, 0) is 0 Å². The van der Waals surface area contributed by atoms with Crippen LogP contribution in [0.25, 0.3) is 0 Å². The Hall–Kier alpha value is -2.36. The summed E-state index contributed by atoms with van der Waals surface area (Å²) in [6.07, 6.45) is 0. The van der Waals surface area contributed by atoms with Gasteiger partial charge in [0.1, 0.15) is 0 Å². The number of benzene rings is 1. The molecule has 0 saturated carbocycles. The molecular formula is C6H8N4O3. The smallest absolute Gasteiger partial charge is 0.291 e. The quantitative estimate of drug-likeness (QED) is 0.266. The molecule has 1 rings (SSSR count). The largest absolute Gasteiger partial charge is 0.399 e. The molecule has 0 aliphatic rings. The molecule has 0 unspecified atom stereocenters. The monoisotopic (exact) mass is 184 g/mol. The van der Waals surface area contributed by atoms with E-state index in [4.69, 9.17) is 31.8 Å². The second-order valence-electron chi connectivity index (χ2n) is 1.65. The first-order valence-corrected chi connectivity index (χ1v) is 2.96. The van der Waals surface area contributed by atoms with Crippen LogP contribution in [0.15, 0.2) is 30.3 Å². The molecular weight excluding hydrogens is 176 g/mol. The minimum absolute atomic E-state index is 0.822. The van der Waals surface area contributed by atoms with Crippen LogP contribution in [0.4, 0.5) is 5.69 Å². The molecule has 7 nitrogen and oxygen atoms in total. The molecule has 0 radical (unpaired) electrons. The van der Waals surface area contributed by atoms with Crippen LogP contribution < -0.4 is 5.73 Å². The molecule has 0 fully saturated rings. The third-order valence-electron chi connectivity index (χ3n) is 0.800. The van der Waals surface area contributed by atoms with Gasteiger partial charge in [-0.3, -0.25) is 0 Å². The summed E-state index contributed by atoms with van der Waals surface area (Å²) in [4.78, 5) is 8.36. The summed E-state index contributed by atoms with van der Waals surface area (Å²) >= 11 is 0. The molecule has 0 aromatic heterocycles. The lowest BCUT2D eigenvalue weighted by Gasteiger charge is -1.83. The van der Waals surface area contributed by atoms with Crippen molar-refractivity contribution in [3.05, 3.63) is 40.4 Å². The van der Waals surface area contributed by atoms with Gasteiger partial charge in [0, 0.05) is 16.5 Å². The van der Waals surface area contributed by atoms with Crippen LogP contribution in [0, 0.1) is 20.9 Å². The lowest BCUT2D eigenvalue weighted by atomic mass is 10.3. The number of rotatable bonds is 0. The minimum atomic E-state index is -1.50. The van der Waals surface area contributed by atoms with Crippen molar-refractivity contribution >= 4 is 5.69 Å². The molecule has 0 atom stereocenters. The maximum absolute atomic E-state index is 8.36. The van der Waals surface area contributed by atoms with E-state index in [9.17, 15) is 0 Å². The molecule has 70 valence electrons. The highest BCUT2D eigenvalue weighted by molar-refractivity contribution is 5.35. The molecule has 0 heterocycles. The normalized spacial score (nSPS) is 6.62. The van der Waals surface area contributed by atoms with Gasteiger partial charge >= 0.3 is 0 Å². The molecule has 7 heteroatoms. The zero-order valence-electron chi connectivity index (χ0n) is 6.57. The van der Waals surface area contributed by atoms with Crippen molar-refractivity contribution < 1.29 is 10.3 Å². The van der Waals surface area contributed by atoms with E-state index >= 15 is 0 Å². The first kappa shape index (κ1) is 13.2. The van der Waals surface area contributed by atoms with Crippen LogP contribution in [-0.4, -0.2) is 10.3 Å². The fourth-order valence-corrected chi connectivity index (χ4v) is 0.453. The van der Waals surface area contributed by atoms with Gasteiger partial charge in [0.25, 0.3) is 5.09 Å². The third-order valence-corrected chi connectivity index (χ3v) is 0.800. The first-order chi connectivity index (χ1) is 6.13. The summed E-state index contributed by atoms with van der Waals surface area (Å²) in [6, 6.07) is 9.49. The van der Waals surface area contributed by atoms with E-state index in [0.29, 0.717) is 0 Å². The number of hydrogen-bond donors (Lipinski definition) is 2. The average Bonchev–Trinajstić information content (AvgIpc) is 2.08. The molecule has 0 amide bonds. The van der Waals surface area contributed by atoms with Crippen LogP contribution in [0.2, 0.25) is 0 Å². The van der Waals surface area contributed by atoms with Gasteiger partial charge in [-0.05, 0) is 12.1 Å². The van der Waals surface area contributed by atoms with E-state index in [0.717, 1.165) is 5.69 Å². The predicted octanol–water partition coefficient (Wildman–Crippen LogP) is 0.951. The van der Waals surface area contributed by atoms with Gasteiger partial charge in [-0.1, -0.05) is 18.2 Å². The lowest BCUT2D eigenvalue weighted by molar-refractivity contribution is -0.742. The van der Waals surface area contributed by atoms with E-state index in [1.807, 2.05) is 30.3 Å². The summed E-state index contributed by atoms with van der Waals surface area (Å²) in [6.45, 7) is 0. The molecule has 0 aliphatic heterocycles. The summed E-state index contributed by atoms with van der Waals surface area (Å²) in [5.74, 6) is 0. The Bertz CT molecular complexity index is 245. The lowest BCUT2D eigenvalue weighted by Crippen LogP contribution is -1.81. The number of hydrogen-bond acceptors (Lipinski definition) is 5. The van der Waals surface area contributed by atoms with E-state index < -0.39 is 5.09 Å². The van der Waals surface area contributed by atoms with Crippen LogP contribution in [0.1, 0.15) is 0 Å². The zero-order valence-corrected chi connectivity index (χ0v) is 6.57. The van der Waals surface area contributed by atoms with Crippen molar-refractivity contribution in [2.45, 2.75) is 0 Å². The van der Waals surface area contributed by atoms with Crippen LogP contribution in [0.5, 0.6) is 0 Å². The maximum Gasteiger partial charge on any atom is 0.291 e. The first-order valence-electron chi connectivity index (χ1n) is 2.96. The Morgan fingerprint density at radius 3 is 1.77 bits per heavy atom. The number of para-hydroxylation sites is 1. The molecule has 0 bridgehead atoms. The Labute approximate surface area is 73.9 Å². The molecule has 0 aliphatic carbocycles. The van der Waals surface area contributed by atoms with E-state index in [1.165, 1.54) is 0 Å². The van der Waals surface area contributed by atoms with Gasteiger partial charge in [0.05, 0.1) is 0 Å². The number of nitrogens with zero attached hydrogens (tertiary/aromatic N) is 3. The van der Waals surface area contributed by atoms with Gasteiger partial charge in [-0.15, -0.1) is 10.1 Å². The Morgan fingerprint density at radius 2 is 1.62 bits per heavy atom. The van der Waals surface area contributed by atoms with Gasteiger partial charge in [-0.25, -0.2) is 0 Å². The zero-order chi connectivity index (χ0) is 10.7. The molecule has 3 N–H and O–H groups in total. The molecule has 0 saturated heterocycles. The molecule has 13 heavy (non-hydrogen) atoms. The summed E-state index contributed by atoms with van der Waals surface area (Å²) < 4.78 is 0. The highest BCUT2D eigenvalue weighted by Gasteiger charge is 1.72. The van der Waals surface area contributed by atoms with Crippen molar-refractivity contribution in [1.82, 2.24) is 0 Å². The highest BCUT2D eigenvalue weighted by atomic mass is 16.9. The maximum atomic E-state index is 8.36. The van der Waals surface area contributed by atoms with Gasteiger partial charge in [0.2, 0.25) is 0 Å². The predicted molar refractivity (Wildman–Crippen MR) is 43.1 cm³/mol.